The van der Waals surface area contributed by atoms with Crippen LogP contribution in [0.1, 0.15) is 24.2 Å². The summed E-state index contributed by atoms with van der Waals surface area (Å²) < 4.78 is 5.22. The number of para-hydroxylation sites is 1. The second kappa shape index (κ2) is 12.3. The van der Waals surface area contributed by atoms with Crippen LogP contribution in [0.4, 0.5) is 5.69 Å². The van der Waals surface area contributed by atoms with E-state index in [1.165, 1.54) is 11.8 Å². The lowest BCUT2D eigenvalue weighted by Crippen LogP contribution is -2.45. The van der Waals surface area contributed by atoms with E-state index < -0.39 is 24.5 Å². The van der Waals surface area contributed by atoms with Gasteiger partial charge in [-0.3, -0.25) is 9.59 Å². The van der Waals surface area contributed by atoms with Gasteiger partial charge in [0, 0.05) is 20.4 Å². The first-order chi connectivity index (χ1) is 16.3. The number of amides is 2. The van der Waals surface area contributed by atoms with Gasteiger partial charge in [0.05, 0.1) is 5.69 Å². The van der Waals surface area contributed by atoms with Gasteiger partial charge < -0.3 is 15.4 Å². The summed E-state index contributed by atoms with van der Waals surface area (Å²) in [6.45, 7) is 3.12. The molecule has 0 bridgehead atoms. The van der Waals surface area contributed by atoms with Gasteiger partial charge in [-0.15, -0.1) is 0 Å². The van der Waals surface area contributed by atoms with Crippen molar-refractivity contribution in [2.75, 3.05) is 11.9 Å². The fourth-order valence-electron chi connectivity index (χ4n) is 3.01. The standard InChI is InChI=1S/C26H25ClN2O4S/c1-17(2)24(29-25(31)18-8-4-3-5-9-18)26(32)33-16-23(30)28-21-10-6-7-11-22(21)34-20-14-12-19(27)13-15-20/h3-15,17,24H,16H2,1-2H3,(H,28,30)(H,29,31). The van der Waals surface area contributed by atoms with Crippen LogP contribution in [0.25, 0.3) is 0 Å². The Balaban J connectivity index is 1.58. The van der Waals surface area contributed by atoms with Crippen LogP contribution in [0.5, 0.6) is 0 Å². The molecule has 176 valence electrons. The maximum absolute atomic E-state index is 12.6. The summed E-state index contributed by atoms with van der Waals surface area (Å²) in [7, 11) is 0. The van der Waals surface area contributed by atoms with Crippen LogP contribution < -0.4 is 10.6 Å². The largest absolute Gasteiger partial charge is 0.454 e. The highest BCUT2D eigenvalue weighted by molar-refractivity contribution is 7.99. The van der Waals surface area contributed by atoms with Gasteiger partial charge in [-0.1, -0.05) is 67.5 Å². The summed E-state index contributed by atoms with van der Waals surface area (Å²) in [4.78, 5) is 39.4. The highest BCUT2D eigenvalue weighted by Gasteiger charge is 2.26. The molecule has 0 saturated carbocycles. The number of hydrogen-bond donors (Lipinski definition) is 2. The normalized spacial score (nSPS) is 11.5. The Morgan fingerprint density at radius 1 is 0.912 bits per heavy atom. The van der Waals surface area contributed by atoms with Gasteiger partial charge in [-0.25, -0.2) is 4.79 Å². The van der Waals surface area contributed by atoms with Crippen LogP contribution in [0, 0.1) is 5.92 Å². The topological polar surface area (TPSA) is 84.5 Å². The third-order valence-electron chi connectivity index (χ3n) is 4.79. The summed E-state index contributed by atoms with van der Waals surface area (Å²) in [5, 5.41) is 6.12. The van der Waals surface area contributed by atoms with Crippen LogP contribution >= 0.6 is 23.4 Å². The summed E-state index contributed by atoms with van der Waals surface area (Å²) >= 11 is 7.42. The Hall–Kier alpha value is -3.29. The van der Waals surface area contributed by atoms with Gasteiger partial charge in [0.2, 0.25) is 0 Å². The molecular weight excluding hydrogens is 472 g/mol. The zero-order chi connectivity index (χ0) is 24.5. The number of ether oxygens (including phenoxy) is 1. The molecule has 1 atom stereocenters. The SMILES string of the molecule is CC(C)C(NC(=O)c1ccccc1)C(=O)OCC(=O)Nc1ccccc1Sc1ccc(Cl)cc1. The Morgan fingerprint density at radius 3 is 2.24 bits per heavy atom. The van der Waals surface area contributed by atoms with E-state index in [4.69, 9.17) is 16.3 Å². The van der Waals surface area contributed by atoms with E-state index >= 15 is 0 Å². The van der Waals surface area contributed by atoms with Crippen LogP contribution in [-0.2, 0) is 14.3 Å². The van der Waals surface area contributed by atoms with E-state index in [-0.39, 0.29) is 11.8 Å². The Kier molecular flexibility index (Phi) is 9.13. The molecule has 0 aromatic heterocycles. The molecule has 1 unspecified atom stereocenters. The summed E-state index contributed by atoms with van der Waals surface area (Å²) in [6, 6.07) is 22.4. The lowest BCUT2D eigenvalue weighted by atomic mass is 10.0. The molecule has 34 heavy (non-hydrogen) atoms. The fraction of sp³-hybridized carbons (Fsp3) is 0.192. The monoisotopic (exact) mass is 496 g/mol. The smallest absolute Gasteiger partial charge is 0.329 e. The van der Waals surface area contributed by atoms with Crippen LogP contribution in [-0.4, -0.2) is 30.4 Å². The second-order valence-electron chi connectivity index (χ2n) is 7.77. The number of anilines is 1. The first-order valence-corrected chi connectivity index (χ1v) is 11.9. The third-order valence-corrected chi connectivity index (χ3v) is 6.13. The molecule has 0 saturated heterocycles. The van der Waals surface area contributed by atoms with Gasteiger partial charge in [0.15, 0.2) is 6.61 Å². The lowest BCUT2D eigenvalue weighted by Gasteiger charge is -2.21. The number of rotatable bonds is 9. The fourth-order valence-corrected chi connectivity index (χ4v) is 4.04. The third kappa shape index (κ3) is 7.37. The van der Waals surface area contributed by atoms with Crippen molar-refractivity contribution in [3.63, 3.8) is 0 Å². The number of carbonyl (C=O) groups excluding carboxylic acids is 3. The minimum absolute atomic E-state index is 0.222. The van der Waals surface area contributed by atoms with E-state index in [1.807, 2.05) is 24.3 Å². The quantitative estimate of drug-likeness (QED) is 0.386. The molecule has 0 aliphatic carbocycles. The molecule has 2 amide bonds. The number of carbonyl (C=O) groups is 3. The number of nitrogens with one attached hydrogen (secondary N) is 2. The zero-order valence-corrected chi connectivity index (χ0v) is 20.4. The average molecular weight is 497 g/mol. The molecular formula is C26H25ClN2O4S. The van der Waals surface area contributed by atoms with Crippen molar-refractivity contribution in [3.05, 3.63) is 89.4 Å². The summed E-state index contributed by atoms with van der Waals surface area (Å²) in [5.74, 6) is -1.75. The minimum Gasteiger partial charge on any atom is -0.454 e. The van der Waals surface area contributed by atoms with E-state index in [0.717, 1.165) is 9.79 Å². The molecule has 0 spiro atoms. The van der Waals surface area contributed by atoms with Crippen LogP contribution in [0.2, 0.25) is 5.02 Å². The van der Waals surface area contributed by atoms with Crippen molar-refractivity contribution in [1.29, 1.82) is 0 Å². The number of halogens is 1. The molecule has 0 fully saturated rings. The first kappa shape index (κ1) is 25.3. The second-order valence-corrected chi connectivity index (χ2v) is 9.32. The van der Waals surface area contributed by atoms with E-state index in [0.29, 0.717) is 16.3 Å². The molecule has 6 nitrogen and oxygen atoms in total. The molecule has 8 heteroatoms. The number of benzene rings is 3. The van der Waals surface area contributed by atoms with Crippen molar-refractivity contribution in [2.24, 2.45) is 5.92 Å². The molecule has 3 aromatic carbocycles. The van der Waals surface area contributed by atoms with Crippen LogP contribution in [0.3, 0.4) is 0 Å². The molecule has 3 aromatic rings. The number of esters is 1. The molecule has 0 aliphatic heterocycles. The van der Waals surface area contributed by atoms with Gasteiger partial charge >= 0.3 is 5.97 Å². The zero-order valence-electron chi connectivity index (χ0n) is 18.8. The van der Waals surface area contributed by atoms with E-state index in [2.05, 4.69) is 10.6 Å². The maximum atomic E-state index is 12.6. The summed E-state index contributed by atoms with van der Waals surface area (Å²) in [5.41, 5.74) is 1.04. The molecule has 0 radical (unpaired) electrons. The maximum Gasteiger partial charge on any atom is 0.329 e. The Morgan fingerprint density at radius 2 is 1.56 bits per heavy atom. The van der Waals surface area contributed by atoms with Gasteiger partial charge in [0.25, 0.3) is 11.8 Å². The minimum atomic E-state index is -0.881. The predicted molar refractivity (Wildman–Crippen MR) is 134 cm³/mol. The van der Waals surface area contributed by atoms with Gasteiger partial charge in [-0.2, -0.15) is 0 Å². The van der Waals surface area contributed by atoms with Crippen molar-refractivity contribution < 1.29 is 19.1 Å². The Bertz CT molecular complexity index is 1140. The van der Waals surface area contributed by atoms with Crippen molar-refractivity contribution in [1.82, 2.24) is 5.32 Å². The molecule has 0 aliphatic rings. The predicted octanol–water partition coefficient (Wildman–Crippen LogP) is 5.43. The van der Waals surface area contributed by atoms with Crippen molar-refractivity contribution in [3.8, 4) is 0 Å². The average Bonchev–Trinajstić information content (AvgIpc) is 2.84. The van der Waals surface area contributed by atoms with E-state index in [9.17, 15) is 14.4 Å². The molecule has 2 N–H and O–H groups in total. The Labute approximate surface area is 208 Å². The summed E-state index contributed by atoms with van der Waals surface area (Å²) in [6.07, 6.45) is 0. The van der Waals surface area contributed by atoms with E-state index in [1.54, 1.807) is 68.4 Å². The van der Waals surface area contributed by atoms with Gasteiger partial charge in [0.1, 0.15) is 6.04 Å². The molecule has 3 rings (SSSR count). The number of hydrogen-bond acceptors (Lipinski definition) is 5. The van der Waals surface area contributed by atoms with Crippen molar-refractivity contribution >= 4 is 46.8 Å². The highest BCUT2D eigenvalue weighted by Crippen LogP contribution is 2.33. The van der Waals surface area contributed by atoms with Crippen molar-refractivity contribution in [2.45, 2.75) is 29.7 Å². The lowest BCUT2D eigenvalue weighted by molar-refractivity contribution is -0.150. The van der Waals surface area contributed by atoms with Gasteiger partial charge in [-0.05, 0) is 54.4 Å². The first-order valence-electron chi connectivity index (χ1n) is 10.7. The highest BCUT2D eigenvalue weighted by atomic mass is 35.5. The molecule has 0 heterocycles. The van der Waals surface area contributed by atoms with Crippen LogP contribution in [0.15, 0.2) is 88.7 Å².